The van der Waals surface area contributed by atoms with Gasteiger partial charge in [0.25, 0.3) is 0 Å². The van der Waals surface area contributed by atoms with Gasteiger partial charge in [0.1, 0.15) is 11.6 Å². The van der Waals surface area contributed by atoms with Gasteiger partial charge in [-0.25, -0.2) is 0 Å². The normalized spacial score (nSPS) is 15.2. The summed E-state index contributed by atoms with van der Waals surface area (Å²) in [6.07, 6.45) is 0.790. The van der Waals surface area contributed by atoms with Crippen LogP contribution in [0.1, 0.15) is 38.8 Å². The lowest BCUT2D eigenvalue weighted by Gasteiger charge is -2.25. The molecule has 0 amide bonds. The molecule has 0 aliphatic rings. The molecule has 1 rings (SSSR count). The highest BCUT2D eigenvalue weighted by atomic mass is 16.3. The lowest BCUT2D eigenvalue weighted by atomic mass is 9.94. The van der Waals surface area contributed by atoms with Crippen molar-refractivity contribution >= 4 is 0 Å². The predicted octanol–water partition coefficient (Wildman–Crippen LogP) is 1.01. The molecule has 98 valence electrons. The number of rotatable bonds is 6. The summed E-state index contributed by atoms with van der Waals surface area (Å²) in [6.45, 7) is 9.21. The molecular weight excluding hydrogens is 216 g/mol. The maximum atomic E-state index is 10.1. The van der Waals surface area contributed by atoms with Gasteiger partial charge >= 0.3 is 0 Å². The summed E-state index contributed by atoms with van der Waals surface area (Å²) in [6, 6.07) is 0. The van der Waals surface area contributed by atoms with E-state index in [0.717, 1.165) is 18.1 Å². The van der Waals surface area contributed by atoms with Crippen molar-refractivity contribution < 1.29 is 5.11 Å². The Morgan fingerprint density at radius 3 is 2.53 bits per heavy atom. The summed E-state index contributed by atoms with van der Waals surface area (Å²) in [5.41, 5.74) is -0.665. The van der Waals surface area contributed by atoms with Gasteiger partial charge in [-0.3, -0.25) is 0 Å². The van der Waals surface area contributed by atoms with Crippen molar-refractivity contribution in [3.63, 3.8) is 0 Å². The average molecular weight is 240 g/mol. The number of aromatic nitrogens is 3. The molecule has 0 spiro atoms. The third-order valence-corrected chi connectivity index (χ3v) is 2.82. The molecule has 0 saturated heterocycles. The fourth-order valence-electron chi connectivity index (χ4n) is 2.00. The number of hydrogen-bond acceptors (Lipinski definition) is 4. The van der Waals surface area contributed by atoms with E-state index in [0.29, 0.717) is 19.0 Å². The second-order valence-corrected chi connectivity index (χ2v) is 5.42. The molecule has 0 radical (unpaired) electrons. The highest BCUT2D eigenvalue weighted by Crippen LogP contribution is 2.15. The zero-order valence-electron chi connectivity index (χ0n) is 11.5. The Bertz CT molecular complexity index is 357. The number of aliphatic hydroxyl groups is 1. The molecular formula is C12H24N4O. The highest BCUT2D eigenvalue weighted by Gasteiger charge is 2.21. The second kappa shape index (κ2) is 5.60. The fraction of sp³-hybridized carbons (Fsp3) is 0.833. The summed E-state index contributed by atoms with van der Waals surface area (Å²) >= 11 is 0. The van der Waals surface area contributed by atoms with Gasteiger partial charge < -0.3 is 15.0 Å². The van der Waals surface area contributed by atoms with Gasteiger partial charge in [0.2, 0.25) is 0 Å². The van der Waals surface area contributed by atoms with E-state index in [9.17, 15) is 5.11 Å². The first-order valence-electron chi connectivity index (χ1n) is 6.10. The van der Waals surface area contributed by atoms with Gasteiger partial charge in [0, 0.05) is 13.6 Å². The number of nitrogens with zero attached hydrogens (tertiary/aromatic N) is 3. The van der Waals surface area contributed by atoms with Crippen LogP contribution in [0.4, 0.5) is 0 Å². The van der Waals surface area contributed by atoms with Gasteiger partial charge in [-0.05, 0) is 26.2 Å². The van der Waals surface area contributed by atoms with Crippen molar-refractivity contribution in [2.24, 2.45) is 13.0 Å². The van der Waals surface area contributed by atoms with Gasteiger partial charge in [-0.15, -0.1) is 10.2 Å². The molecule has 0 fully saturated rings. The Labute approximate surface area is 103 Å². The van der Waals surface area contributed by atoms with E-state index in [4.69, 9.17) is 0 Å². The van der Waals surface area contributed by atoms with Gasteiger partial charge in [0.15, 0.2) is 0 Å². The van der Waals surface area contributed by atoms with Crippen LogP contribution in [0.2, 0.25) is 0 Å². The molecule has 1 atom stereocenters. The average Bonchev–Trinajstić information content (AvgIpc) is 2.47. The van der Waals surface area contributed by atoms with Gasteiger partial charge in [-0.1, -0.05) is 13.8 Å². The molecule has 1 aromatic rings. The number of aryl methyl sites for hydroxylation is 1. The maximum Gasteiger partial charge on any atom is 0.146 e. The first-order valence-corrected chi connectivity index (χ1v) is 6.10. The molecule has 0 saturated carbocycles. The third-order valence-electron chi connectivity index (χ3n) is 2.82. The molecule has 0 aromatic carbocycles. The van der Waals surface area contributed by atoms with Crippen LogP contribution in [-0.2, 0) is 13.6 Å². The molecule has 1 heterocycles. The topological polar surface area (TPSA) is 63.0 Å². The van der Waals surface area contributed by atoms with Crippen molar-refractivity contribution in [3.05, 3.63) is 11.6 Å². The molecule has 1 aromatic heterocycles. The van der Waals surface area contributed by atoms with Crippen molar-refractivity contribution in [2.45, 2.75) is 46.3 Å². The van der Waals surface area contributed by atoms with E-state index in [1.54, 1.807) is 0 Å². The van der Waals surface area contributed by atoms with E-state index in [-0.39, 0.29) is 0 Å². The van der Waals surface area contributed by atoms with E-state index in [1.165, 1.54) is 0 Å². The van der Waals surface area contributed by atoms with Crippen LogP contribution in [0.25, 0.3) is 0 Å². The van der Waals surface area contributed by atoms with Crippen molar-refractivity contribution in [2.75, 3.05) is 6.54 Å². The molecule has 0 aliphatic carbocycles. The third kappa shape index (κ3) is 4.44. The smallest absolute Gasteiger partial charge is 0.146 e. The molecule has 0 aliphatic heterocycles. The van der Waals surface area contributed by atoms with Crippen molar-refractivity contribution in [1.82, 2.24) is 20.1 Å². The monoisotopic (exact) mass is 240 g/mol. The van der Waals surface area contributed by atoms with Crippen LogP contribution in [-0.4, -0.2) is 32.0 Å². The standard InChI is InChI=1S/C12H24N4O/c1-9(2)6-12(4,17)8-13-7-11-15-14-10(3)16(11)5/h9,13,17H,6-8H2,1-5H3. The van der Waals surface area contributed by atoms with Crippen molar-refractivity contribution in [3.8, 4) is 0 Å². The van der Waals surface area contributed by atoms with Crippen LogP contribution in [0.15, 0.2) is 0 Å². The van der Waals surface area contributed by atoms with Crippen molar-refractivity contribution in [1.29, 1.82) is 0 Å². The minimum absolute atomic E-state index is 0.490. The first kappa shape index (κ1) is 14.1. The summed E-state index contributed by atoms with van der Waals surface area (Å²) in [5, 5.41) is 21.4. The highest BCUT2D eigenvalue weighted by molar-refractivity contribution is 4.92. The molecule has 5 heteroatoms. The maximum absolute atomic E-state index is 10.1. The van der Waals surface area contributed by atoms with E-state index in [1.807, 2.05) is 25.5 Å². The lowest BCUT2D eigenvalue weighted by Crippen LogP contribution is -2.39. The summed E-state index contributed by atoms with van der Waals surface area (Å²) in [5.74, 6) is 2.28. The Kier molecular flexibility index (Phi) is 4.65. The minimum atomic E-state index is -0.665. The minimum Gasteiger partial charge on any atom is -0.389 e. The quantitative estimate of drug-likeness (QED) is 0.779. The van der Waals surface area contributed by atoms with E-state index < -0.39 is 5.60 Å². The Hall–Kier alpha value is -0.940. The Morgan fingerprint density at radius 1 is 1.41 bits per heavy atom. The van der Waals surface area contributed by atoms with Gasteiger partial charge in [0.05, 0.1) is 12.1 Å². The van der Waals surface area contributed by atoms with Crippen LogP contribution in [0.3, 0.4) is 0 Å². The Morgan fingerprint density at radius 2 is 2.06 bits per heavy atom. The van der Waals surface area contributed by atoms with Crippen LogP contribution in [0, 0.1) is 12.8 Å². The SMILES string of the molecule is Cc1nnc(CNCC(C)(O)CC(C)C)n1C. The second-order valence-electron chi connectivity index (χ2n) is 5.42. The molecule has 0 bridgehead atoms. The van der Waals surface area contributed by atoms with E-state index >= 15 is 0 Å². The summed E-state index contributed by atoms with van der Waals surface area (Å²) in [7, 11) is 1.94. The molecule has 1 unspecified atom stereocenters. The number of hydrogen-bond donors (Lipinski definition) is 2. The summed E-state index contributed by atoms with van der Waals surface area (Å²) < 4.78 is 1.95. The molecule has 5 nitrogen and oxygen atoms in total. The van der Waals surface area contributed by atoms with Crippen LogP contribution >= 0.6 is 0 Å². The fourth-order valence-corrected chi connectivity index (χ4v) is 2.00. The van der Waals surface area contributed by atoms with Gasteiger partial charge in [-0.2, -0.15) is 0 Å². The largest absolute Gasteiger partial charge is 0.389 e. The number of nitrogens with one attached hydrogen (secondary N) is 1. The zero-order chi connectivity index (χ0) is 13.1. The van der Waals surface area contributed by atoms with Crippen LogP contribution < -0.4 is 5.32 Å². The first-order chi connectivity index (χ1) is 7.82. The summed E-state index contributed by atoms with van der Waals surface area (Å²) in [4.78, 5) is 0. The van der Waals surface area contributed by atoms with Crippen LogP contribution in [0.5, 0.6) is 0 Å². The predicted molar refractivity (Wildman–Crippen MR) is 67.5 cm³/mol. The molecule has 2 N–H and O–H groups in total. The lowest BCUT2D eigenvalue weighted by molar-refractivity contribution is 0.0381. The molecule has 17 heavy (non-hydrogen) atoms. The zero-order valence-corrected chi connectivity index (χ0v) is 11.5. The Balaban J connectivity index is 2.40. The van der Waals surface area contributed by atoms with E-state index in [2.05, 4.69) is 29.4 Å².